The zero-order valence-corrected chi connectivity index (χ0v) is 11.9. The molecule has 1 aromatic carbocycles. The zero-order valence-electron chi connectivity index (χ0n) is 11.9. The number of nitrogens with zero attached hydrogens (tertiary/aromatic N) is 2. The van der Waals surface area contributed by atoms with Crippen LogP contribution in [0.15, 0.2) is 18.2 Å². The van der Waals surface area contributed by atoms with Crippen LogP contribution in [0.1, 0.15) is 0 Å². The van der Waals surface area contributed by atoms with Crippen LogP contribution in [0.4, 0.5) is 13.6 Å². The van der Waals surface area contributed by atoms with Gasteiger partial charge in [-0.05, 0) is 19.2 Å². The first-order chi connectivity index (χ1) is 10.1. The summed E-state index contributed by atoms with van der Waals surface area (Å²) in [6.07, 6.45) is 0. The van der Waals surface area contributed by atoms with Crippen molar-refractivity contribution in [1.29, 1.82) is 0 Å². The van der Waals surface area contributed by atoms with Crippen molar-refractivity contribution in [2.75, 3.05) is 46.4 Å². The number of halogens is 2. The first-order valence-corrected chi connectivity index (χ1v) is 6.85. The second-order valence-electron chi connectivity index (χ2n) is 4.95. The van der Waals surface area contributed by atoms with Crippen LogP contribution in [0.25, 0.3) is 0 Å². The third-order valence-electron chi connectivity index (χ3n) is 3.32. The average molecular weight is 299 g/mol. The van der Waals surface area contributed by atoms with Gasteiger partial charge in [-0.15, -0.1) is 0 Å². The lowest BCUT2D eigenvalue weighted by atomic mass is 10.3. The Morgan fingerprint density at radius 3 is 2.67 bits per heavy atom. The summed E-state index contributed by atoms with van der Waals surface area (Å²) in [5.74, 6) is -1.42. The first-order valence-electron chi connectivity index (χ1n) is 6.85. The van der Waals surface area contributed by atoms with E-state index in [0.717, 1.165) is 25.2 Å². The zero-order chi connectivity index (χ0) is 15.2. The number of amides is 2. The van der Waals surface area contributed by atoms with E-state index in [-0.39, 0.29) is 24.9 Å². The van der Waals surface area contributed by atoms with Crippen LogP contribution in [0.2, 0.25) is 0 Å². The highest BCUT2D eigenvalue weighted by Gasteiger charge is 2.18. The van der Waals surface area contributed by atoms with Crippen LogP contribution < -0.4 is 10.1 Å². The minimum atomic E-state index is -0.750. The predicted octanol–water partition coefficient (Wildman–Crippen LogP) is 1.30. The second-order valence-corrected chi connectivity index (χ2v) is 4.95. The molecule has 0 bridgehead atoms. The van der Waals surface area contributed by atoms with Gasteiger partial charge in [0.25, 0.3) is 0 Å². The number of carbonyl (C=O) groups excluding carboxylic acids is 1. The van der Waals surface area contributed by atoms with Crippen molar-refractivity contribution in [3.8, 4) is 5.75 Å². The first kappa shape index (κ1) is 15.5. The molecular weight excluding hydrogens is 280 g/mol. The van der Waals surface area contributed by atoms with E-state index in [1.54, 1.807) is 4.90 Å². The molecule has 1 aliphatic rings. The third kappa shape index (κ3) is 4.56. The van der Waals surface area contributed by atoms with E-state index in [1.165, 1.54) is 6.07 Å². The van der Waals surface area contributed by atoms with Crippen molar-refractivity contribution in [2.45, 2.75) is 0 Å². The molecule has 0 unspecified atom stereocenters. The molecule has 1 heterocycles. The maximum Gasteiger partial charge on any atom is 0.317 e. The number of rotatable bonds is 4. The smallest absolute Gasteiger partial charge is 0.317 e. The summed E-state index contributed by atoms with van der Waals surface area (Å²) in [6, 6.07) is 2.97. The summed E-state index contributed by atoms with van der Waals surface area (Å²) in [5, 5.41) is 2.72. The number of nitrogens with one attached hydrogen (secondary N) is 1. The molecular formula is C14H19F2N3O2. The largest absolute Gasteiger partial charge is 0.489 e. The Labute approximate surface area is 122 Å². The molecule has 1 N–H and O–H groups in total. The highest BCUT2D eigenvalue weighted by atomic mass is 19.1. The van der Waals surface area contributed by atoms with E-state index in [4.69, 9.17) is 4.74 Å². The summed E-state index contributed by atoms with van der Waals surface area (Å²) in [4.78, 5) is 15.7. The van der Waals surface area contributed by atoms with Gasteiger partial charge in [-0.2, -0.15) is 0 Å². The fraction of sp³-hybridized carbons (Fsp3) is 0.500. The highest BCUT2D eigenvalue weighted by Crippen LogP contribution is 2.17. The molecule has 21 heavy (non-hydrogen) atoms. The van der Waals surface area contributed by atoms with Gasteiger partial charge >= 0.3 is 6.03 Å². The number of likely N-dealkylation sites (N-methyl/N-ethyl adjacent to an activating group) is 1. The van der Waals surface area contributed by atoms with Crippen molar-refractivity contribution in [1.82, 2.24) is 15.1 Å². The standard InChI is InChI=1S/C14H19F2N3O2/c1-18-5-7-19(8-6-18)14(20)17-4-9-21-13-3-2-11(15)10-12(13)16/h2-3,10H,4-9H2,1H3,(H,17,20). The van der Waals surface area contributed by atoms with E-state index in [1.807, 2.05) is 7.05 Å². The SMILES string of the molecule is CN1CCN(C(=O)NCCOc2ccc(F)cc2F)CC1. The van der Waals surface area contributed by atoms with Gasteiger partial charge in [-0.1, -0.05) is 0 Å². The molecule has 0 saturated carbocycles. The van der Waals surface area contributed by atoms with E-state index >= 15 is 0 Å². The summed E-state index contributed by atoms with van der Waals surface area (Å²) in [7, 11) is 2.01. The number of benzene rings is 1. The van der Waals surface area contributed by atoms with E-state index < -0.39 is 11.6 Å². The lowest BCUT2D eigenvalue weighted by molar-refractivity contribution is 0.153. The molecule has 0 spiro atoms. The van der Waals surface area contributed by atoms with Gasteiger partial charge in [0.1, 0.15) is 12.4 Å². The Kier molecular flexibility index (Phi) is 5.32. The molecule has 116 valence electrons. The summed E-state index contributed by atoms with van der Waals surface area (Å²) >= 11 is 0. The normalized spacial score (nSPS) is 15.9. The van der Waals surface area contributed by atoms with Crippen molar-refractivity contribution in [3.63, 3.8) is 0 Å². The average Bonchev–Trinajstić information content (AvgIpc) is 2.46. The maximum absolute atomic E-state index is 13.3. The monoisotopic (exact) mass is 299 g/mol. The fourth-order valence-electron chi connectivity index (χ4n) is 2.03. The Morgan fingerprint density at radius 1 is 1.29 bits per heavy atom. The molecule has 2 amide bonds. The molecule has 1 fully saturated rings. The van der Waals surface area contributed by atoms with Gasteiger partial charge in [-0.25, -0.2) is 13.6 Å². The number of hydrogen-bond donors (Lipinski definition) is 1. The molecule has 7 heteroatoms. The van der Waals surface area contributed by atoms with E-state index in [0.29, 0.717) is 13.1 Å². The Hall–Kier alpha value is -1.89. The molecule has 0 atom stereocenters. The molecule has 0 aliphatic carbocycles. The van der Waals surface area contributed by atoms with Crippen molar-refractivity contribution < 1.29 is 18.3 Å². The topological polar surface area (TPSA) is 44.8 Å². The molecule has 5 nitrogen and oxygen atoms in total. The van der Waals surface area contributed by atoms with Crippen LogP contribution in [-0.4, -0.2) is 62.2 Å². The van der Waals surface area contributed by atoms with E-state index in [9.17, 15) is 13.6 Å². The second kappa shape index (κ2) is 7.21. The maximum atomic E-state index is 13.3. The van der Waals surface area contributed by atoms with Gasteiger partial charge in [0, 0.05) is 32.2 Å². The van der Waals surface area contributed by atoms with Crippen LogP contribution in [0.3, 0.4) is 0 Å². The summed E-state index contributed by atoms with van der Waals surface area (Å²) < 4.78 is 31.2. The van der Waals surface area contributed by atoms with Crippen LogP contribution in [0.5, 0.6) is 5.75 Å². The number of ether oxygens (including phenoxy) is 1. The van der Waals surface area contributed by atoms with E-state index in [2.05, 4.69) is 10.2 Å². The summed E-state index contributed by atoms with van der Waals surface area (Å²) in [5.41, 5.74) is 0. The van der Waals surface area contributed by atoms with Crippen molar-refractivity contribution in [2.24, 2.45) is 0 Å². The van der Waals surface area contributed by atoms with Gasteiger partial charge in [0.15, 0.2) is 11.6 Å². The van der Waals surface area contributed by atoms with Crippen molar-refractivity contribution >= 4 is 6.03 Å². The Morgan fingerprint density at radius 2 is 2.00 bits per heavy atom. The van der Waals surface area contributed by atoms with Crippen molar-refractivity contribution in [3.05, 3.63) is 29.8 Å². The highest BCUT2D eigenvalue weighted by molar-refractivity contribution is 5.74. The summed E-state index contributed by atoms with van der Waals surface area (Å²) in [6.45, 7) is 3.48. The molecule has 2 rings (SSSR count). The minimum absolute atomic E-state index is 0.0229. The minimum Gasteiger partial charge on any atom is -0.489 e. The van der Waals surface area contributed by atoms with Gasteiger partial charge in [0.05, 0.1) is 6.54 Å². The fourth-order valence-corrected chi connectivity index (χ4v) is 2.03. The van der Waals surface area contributed by atoms with Gasteiger partial charge < -0.3 is 19.9 Å². The lowest BCUT2D eigenvalue weighted by Crippen LogP contribution is -2.51. The van der Waals surface area contributed by atoms with Crippen LogP contribution in [0, 0.1) is 11.6 Å². The Bertz CT molecular complexity index is 491. The number of carbonyl (C=O) groups is 1. The van der Waals surface area contributed by atoms with Crippen LogP contribution >= 0.6 is 0 Å². The van der Waals surface area contributed by atoms with Crippen LogP contribution in [-0.2, 0) is 0 Å². The third-order valence-corrected chi connectivity index (χ3v) is 3.32. The Balaban J connectivity index is 1.68. The number of piperazine rings is 1. The molecule has 0 radical (unpaired) electrons. The lowest BCUT2D eigenvalue weighted by Gasteiger charge is -2.32. The molecule has 0 aromatic heterocycles. The number of hydrogen-bond acceptors (Lipinski definition) is 3. The molecule has 1 saturated heterocycles. The van der Waals surface area contributed by atoms with Gasteiger partial charge in [-0.3, -0.25) is 0 Å². The number of urea groups is 1. The van der Waals surface area contributed by atoms with Gasteiger partial charge in [0.2, 0.25) is 0 Å². The molecule has 1 aliphatic heterocycles. The predicted molar refractivity (Wildman–Crippen MR) is 74.3 cm³/mol. The quantitative estimate of drug-likeness (QED) is 0.852. The molecule has 1 aromatic rings.